The second-order valence-corrected chi connectivity index (χ2v) is 7.30. The maximum Gasteiger partial charge on any atom is 0.207 e. The van der Waals surface area contributed by atoms with Crippen molar-refractivity contribution in [3.8, 4) is 11.8 Å². The molecule has 0 radical (unpaired) electrons. The van der Waals surface area contributed by atoms with Crippen molar-refractivity contribution in [3.05, 3.63) is 35.9 Å². The molecule has 1 rings (SSSR count). The van der Waals surface area contributed by atoms with E-state index in [0.29, 0.717) is 6.42 Å². The van der Waals surface area contributed by atoms with Crippen LogP contribution in [0.4, 0.5) is 0 Å². The van der Waals surface area contributed by atoms with Crippen LogP contribution in [0.3, 0.4) is 0 Å². The second kappa shape index (κ2) is 7.28. The molecule has 0 aliphatic carbocycles. The Hall–Kier alpha value is -1.36. The van der Waals surface area contributed by atoms with Crippen LogP contribution in [0.1, 0.15) is 18.9 Å². The molecule has 0 saturated heterocycles. The summed E-state index contributed by atoms with van der Waals surface area (Å²) < 4.78 is 16.5. The zero-order valence-corrected chi connectivity index (χ0v) is 12.4. The maximum atomic E-state index is 11.8. The number of hydrogen-bond donors (Lipinski definition) is 0. The molecule has 0 aliphatic rings. The van der Waals surface area contributed by atoms with E-state index in [1.54, 1.807) is 6.92 Å². The summed E-state index contributed by atoms with van der Waals surface area (Å²) in [6.07, 6.45) is 0.453. The summed E-state index contributed by atoms with van der Waals surface area (Å²) in [7, 11) is -1.40. The van der Waals surface area contributed by atoms with Gasteiger partial charge in [-0.1, -0.05) is 37.0 Å². The first-order valence-electron chi connectivity index (χ1n) is 6.13. The van der Waals surface area contributed by atoms with Crippen LogP contribution in [0.15, 0.2) is 30.3 Å². The summed E-state index contributed by atoms with van der Waals surface area (Å²) in [5, 5.41) is 0. The highest BCUT2D eigenvalue weighted by atomic mass is 31.2. The highest BCUT2D eigenvalue weighted by molar-refractivity contribution is 7.59. The van der Waals surface area contributed by atoms with Gasteiger partial charge in [-0.05, 0) is 12.1 Å². The molecule has 19 heavy (non-hydrogen) atoms. The average molecular weight is 278 g/mol. The molecule has 2 atom stereocenters. The van der Waals surface area contributed by atoms with Crippen LogP contribution >= 0.6 is 7.37 Å². The standard InChI is InChI=1S/C15H19O3P/c1-13(15(16)12-19(3,17)18-2)8-7-11-14-9-5-4-6-10-14/h4-6,9-10,13H,8,12H2,1-3H3/t13-,19?/m0/s1. The first kappa shape index (κ1) is 15.7. The molecule has 1 aromatic carbocycles. The fraction of sp³-hybridized carbons (Fsp3) is 0.400. The number of ketones is 1. The lowest BCUT2D eigenvalue weighted by molar-refractivity contribution is -0.119. The molecule has 3 nitrogen and oxygen atoms in total. The van der Waals surface area contributed by atoms with E-state index in [-0.39, 0.29) is 17.9 Å². The van der Waals surface area contributed by atoms with Crippen molar-refractivity contribution in [1.82, 2.24) is 0 Å². The molecule has 0 saturated carbocycles. The molecule has 0 N–H and O–H groups in total. The van der Waals surface area contributed by atoms with E-state index in [1.165, 1.54) is 13.8 Å². The van der Waals surface area contributed by atoms with Crippen molar-refractivity contribution in [2.24, 2.45) is 5.92 Å². The highest BCUT2D eigenvalue weighted by Gasteiger charge is 2.22. The number of hydrogen-bond acceptors (Lipinski definition) is 3. The van der Waals surface area contributed by atoms with Gasteiger partial charge in [0.1, 0.15) is 5.78 Å². The largest absolute Gasteiger partial charge is 0.332 e. The monoisotopic (exact) mass is 278 g/mol. The van der Waals surface area contributed by atoms with Crippen LogP contribution in [-0.4, -0.2) is 25.7 Å². The molecule has 0 amide bonds. The van der Waals surface area contributed by atoms with Crippen molar-refractivity contribution in [3.63, 3.8) is 0 Å². The van der Waals surface area contributed by atoms with Gasteiger partial charge < -0.3 is 4.52 Å². The van der Waals surface area contributed by atoms with Gasteiger partial charge in [-0.3, -0.25) is 9.36 Å². The average Bonchev–Trinajstić information content (AvgIpc) is 2.39. The molecule has 0 bridgehead atoms. The van der Waals surface area contributed by atoms with E-state index < -0.39 is 7.37 Å². The van der Waals surface area contributed by atoms with Gasteiger partial charge in [-0.2, -0.15) is 0 Å². The zero-order chi connectivity index (χ0) is 14.3. The molecule has 1 unspecified atom stereocenters. The van der Waals surface area contributed by atoms with Gasteiger partial charge in [0, 0.05) is 31.7 Å². The van der Waals surface area contributed by atoms with Crippen molar-refractivity contribution in [2.75, 3.05) is 19.9 Å². The van der Waals surface area contributed by atoms with Crippen LogP contribution in [-0.2, 0) is 13.9 Å². The fourth-order valence-corrected chi connectivity index (χ4v) is 2.45. The van der Waals surface area contributed by atoms with E-state index in [2.05, 4.69) is 11.8 Å². The third-order valence-electron chi connectivity index (χ3n) is 2.79. The maximum absolute atomic E-state index is 11.8. The van der Waals surface area contributed by atoms with E-state index >= 15 is 0 Å². The smallest absolute Gasteiger partial charge is 0.207 e. The van der Waals surface area contributed by atoms with E-state index in [4.69, 9.17) is 4.52 Å². The summed E-state index contributed by atoms with van der Waals surface area (Å²) in [5.74, 6) is 5.71. The van der Waals surface area contributed by atoms with E-state index in [1.807, 2.05) is 30.3 Å². The van der Waals surface area contributed by atoms with Crippen molar-refractivity contribution in [1.29, 1.82) is 0 Å². The minimum Gasteiger partial charge on any atom is -0.332 e. The molecule has 4 heteroatoms. The van der Waals surface area contributed by atoms with Crippen molar-refractivity contribution in [2.45, 2.75) is 13.3 Å². The number of Topliss-reactive ketones (excluding diaryl/α,β-unsaturated/α-hetero) is 1. The predicted molar refractivity (Wildman–Crippen MR) is 77.5 cm³/mol. The molecule has 1 aromatic rings. The Kier molecular flexibility index (Phi) is 6.02. The molecular formula is C15H19O3P. The number of rotatable bonds is 5. The number of carbonyl (C=O) groups excluding carboxylic acids is 1. The molecule has 0 heterocycles. The Morgan fingerprint density at radius 1 is 1.37 bits per heavy atom. The summed E-state index contributed by atoms with van der Waals surface area (Å²) in [6.45, 7) is 3.28. The Balaban J connectivity index is 2.52. The van der Waals surface area contributed by atoms with Crippen LogP contribution in [0.2, 0.25) is 0 Å². The first-order chi connectivity index (χ1) is 8.94. The number of carbonyl (C=O) groups is 1. The van der Waals surface area contributed by atoms with Gasteiger partial charge in [0.15, 0.2) is 0 Å². The minimum atomic E-state index is -2.77. The Labute approximate surface area is 114 Å². The van der Waals surface area contributed by atoms with Crippen LogP contribution in [0.5, 0.6) is 0 Å². The lowest BCUT2D eigenvalue weighted by Crippen LogP contribution is -2.15. The van der Waals surface area contributed by atoms with Gasteiger partial charge >= 0.3 is 0 Å². The first-order valence-corrected chi connectivity index (χ1v) is 8.39. The fourth-order valence-electron chi connectivity index (χ4n) is 1.44. The topological polar surface area (TPSA) is 43.4 Å². The van der Waals surface area contributed by atoms with Crippen molar-refractivity contribution >= 4 is 13.2 Å². The Morgan fingerprint density at radius 2 is 2.00 bits per heavy atom. The molecule has 0 spiro atoms. The van der Waals surface area contributed by atoms with Crippen LogP contribution in [0.25, 0.3) is 0 Å². The molecule has 102 valence electrons. The normalized spacial score (nSPS) is 14.9. The van der Waals surface area contributed by atoms with Gasteiger partial charge in [-0.15, -0.1) is 0 Å². The molecule has 0 fully saturated rings. The van der Waals surface area contributed by atoms with E-state index in [9.17, 15) is 9.36 Å². The number of benzene rings is 1. The molecule has 0 aromatic heterocycles. The van der Waals surface area contributed by atoms with Crippen LogP contribution < -0.4 is 0 Å². The second-order valence-electron chi connectivity index (χ2n) is 4.59. The SMILES string of the molecule is COP(C)(=O)CC(=O)[C@@H](C)CC#Cc1ccccc1. The quantitative estimate of drug-likeness (QED) is 0.613. The third-order valence-corrected chi connectivity index (χ3v) is 4.45. The lowest BCUT2D eigenvalue weighted by atomic mass is 10.0. The van der Waals surface area contributed by atoms with Gasteiger partial charge in [0.2, 0.25) is 7.37 Å². The molecular weight excluding hydrogens is 259 g/mol. The summed E-state index contributed by atoms with van der Waals surface area (Å²) >= 11 is 0. The minimum absolute atomic E-state index is 0.0162. The lowest BCUT2D eigenvalue weighted by Gasteiger charge is -2.12. The van der Waals surface area contributed by atoms with Crippen LogP contribution in [0, 0.1) is 17.8 Å². The van der Waals surface area contributed by atoms with Gasteiger partial charge in [0.25, 0.3) is 0 Å². The zero-order valence-electron chi connectivity index (χ0n) is 11.6. The van der Waals surface area contributed by atoms with E-state index in [0.717, 1.165) is 5.56 Å². The summed E-state index contributed by atoms with van der Waals surface area (Å²) in [6, 6.07) is 9.62. The third kappa shape index (κ3) is 5.87. The van der Waals surface area contributed by atoms with Gasteiger partial charge in [0.05, 0.1) is 6.16 Å². The van der Waals surface area contributed by atoms with Gasteiger partial charge in [-0.25, -0.2) is 0 Å². The Bertz CT molecular complexity index is 525. The summed E-state index contributed by atoms with van der Waals surface area (Å²) in [4.78, 5) is 11.8. The Morgan fingerprint density at radius 3 is 2.58 bits per heavy atom. The highest BCUT2D eigenvalue weighted by Crippen LogP contribution is 2.41. The summed E-state index contributed by atoms with van der Waals surface area (Å²) in [5.41, 5.74) is 0.931. The molecule has 0 aliphatic heterocycles. The predicted octanol–water partition coefficient (Wildman–Crippen LogP) is 3.19. The van der Waals surface area contributed by atoms with Crippen molar-refractivity contribution < 1.29 is 13.9 Å².